The second-order valence-electron chi connectivity index (χ2n) is 5.12. The van der Waals surface area contributed by atoms with Crippen LogP contribution in [0.3, 0.4) is 0 Å². The predicted octanol–water partition coefficient (Wildman–Crippen LogP) is -0.260. The van der Waals surface area contributed by atoms with E-state index >= 15 is 0 Å². The summed E-state index contributed by atoms with van der Waals surface area (Å²) in [6.45, 7) is 7.59. The van der Waals surface area contributed by atoms with Crippen molar-refractivity contribution >= 4 is 0 Å². The molecule has 17 heavy (non-hydrogen) atoms. The fourth-order valence-corrected chi connectivity index (χ4v) is 1.95. The third kappa shape index (κ3) is 5.79. The third-order valence-electron chi connectivity index (χ3n) is 3.11. The van der Waals surface area contributed by atoms with Crippen LogP contribution in [-0.2, 0) is 9.47 Å². The van der Waals surface area contributed by atoms with E-state index in [0.29, 0.717) is 19.8 Å². The van der Waals surface area contributed by atoms with Gasteiger partial charge in [0.1, 0.15) is 0 Å². The van der Waals surface area contributed by atoms with Gasteiger partial charge in [-0.3, -0.25) is 0 Å². The first-order valence-electron chi connectivity index (χ1n) is 6.30. The lowest BCUT2D eigenvalue weighted by molar-refractivity contribution is -0.0323. The van der Waals surface area contributed by atoms with Gasteiger partial charge in [-0.25, -0.2) is 0 Å². The number of aliphatic hydroxyl groups is 1. The van der Waals surface area contributed by atoms with E-state index in [1.807, 2.05) is 6.92 Å². The maximum Gasteiger partial charge on any atom is 0.0898 e. The molecule has 0 bridgehead atoms. The molecule has 102 valence electrons. The molecule has 1 heterocycles. The summed E-state index contributed by atoms with van der Waals surface area (Å²) in [4.78, 5) is 0. The maximum atomic E-state index is 9.79. The number of hydrogen-bond acceptors (Lipinski definition) is 5. The van der Waals surface area contributed by atoms with Crippen molar-refractivity contribution in [3.8, 4) is 0 Å². The van der Waals surface area contributed by atoms with Gasteiger partial charge in [0.25, 0.3) is 0 Å². The summed E-state index contributed by atoms with van der Waals surface area (Å²) < 4.78 is 10.4. The van der Waals surface area contributed by atoms with Gasteiger partial charge < -0.3 is 25.2 Å². The average Bonchev–Trinajstić information content (AvgIpc) is 2.72. The standard InChI is InChI=1S/C12H26N2O3/c1-10(7-16-3)17-8-11(15)6-14-12(2)4-5-13-9-12/h10-11,13-15H,4-9H2,1-3H3. The first-order valence-corrected chi connectivity index (χ1v) is 6.30. The summed E-state index contributed by atoms with van der Waals surface area (Å²) in [6, 6.07) is 0. The van der Waals surface area contributed by atoms with Crippen LogP contribution in [-0.4, -0.2) is 62.8 Å². The Balaban J connectivity index is 2.10. The monoisotopic (exact) mass is 246 g/mol. The minimum atomic E-state index is -0.466. The zero-order valence-corrected chi connectivity index (χ0v) is 11.2. The van der Waals surface area contributed by atoms with Gasteiger partial charge in [-0.15, -0.1) is 0 Å². The molecular weight excluding hydrogens is 220 g/mol. The molecule has 0 spiro atoms. The molecule has 1 rings (SSSR count). The maximum absolute atomic E-state index is 9.79. The van der Waals surface area contributed by atoms with Crippen molar-refractivity contribution in [3.63, 3.8) is 0 Å². The van der Waals surface area contributed by atoms with Gasteiger partial charge in [-0.05, 0) is 26.8 Å². The molecule has 1 saturated heterocycles. The number of aliphatic hydroxyl groups excluding tert-OH is 1. The van der Waals surface area contributed by atoms with Gasteiger partial charge in [0.15, 0.2) is 0 Å². The lowest BCUT2D eigenvalue weighted by Gasteiger charge is -2.26. The Labute approximate surface area is 104 Å². The number of hydrogen-bond donors (Lipinski definition) is 3. The topological polar surface area (TPSA) is 62.8 Å². The molecule has 0 amide bonds. The van der Waals surface area contributed by atoms with Crippen molar-refractivity contribution in [1.29, 1.82) is 0 Å². The van der Waals surface area contributed by atoms with Gasteiger partial charge in [0, 0.05) is 25.7 Å². The van der Waals surface area contributed by atoms with E-state index < -0.39 is 6.10 Å². The molecule has 1 aliphatic rings. The Morgan fingerprint density at radius 3 is 2.82 bits per heavy atom. The van der Waals surface area contributed by atoms with Crippen molar-refractivity contribution in [1.82, 2.24) is 10.6 Å². The number of β-amino-alcohol motifs (C(OH)–C–C–N with tert-alkyl or cyclic N) is 1. The van der Waals surface area contributed by atoms with Crippen molar-refractivity contribution in [2.45, 2.75) is 38.0 Å². The van der Waals surface area contributed by atoms with Crippen molar-refractivity contribution in [3.05, 3.63) is 0 Å². The third-order valence-corrected chi connectivity index (χ3v) is 3.11. The van der Waals surface area contributed by atoms with Gasteiger partial charge in [0.2, 0.25) is 0 Å². The van der Waals surface area contributed by atoms with Crippen molar-refractivity contribution in [2.75, 3.05) is 40.0 Å². The zero-order valence-electron chi connectivity index (χ0n) is 11.2. The second-order valence-corrected chi connectivity index (χ2v) is 5.12. The Hall–Kier alpha value is -0.200. The molecule has 0 aromatic carbocycles. The minimum absolute atomic E-state index is 0.0263. The molecule has 3 N–H and O–H groups in total. The highest BCUT2D eigenvalue weighted by Crippen LogP contribution is 2.12. The van der Waals surface area contributed by atoms with Gasteiger partial charge in [-0.1, -0.05) is 0 Å². The molecule has 0 aromatic heterocycles. The van der Waals surface area contributed by atoms with E-state index in [9.17, 15) is 5.11 Å². The first-order chi connectivity index (χ1) is 8.06. The fraction of sp³-hybridized carbons (Fsp3) is 1.00. The van der Waals surface area contributed by atoms with E-state index in [1.165, 1.54) is 0 Å². The quantitative estimate of drug-likeness (QED) is 0.551. The molecule has 1 fully saturated rings. The summed E-state index contributed by atoms with van der Waals surface area (Å²) in [6.07, 6.45) is 0.658. The first kappa shape index (κ1) is 14.9. The highest BCUT2D eigenvalue weighted by Gasteiger charge is 2.28. The summed E-state index contributed by atoms with van der Waals surface area (Å²) >= 11 is 0. The summed E-state index contributed by atoms with van der Waals surface area (Å²) in [5.74, 6) is 0. The number of methoxy groups -OCH3 is 1. The van der Waals surface area contributed by atoms with Crippen LogP contribution < -0.4 is 10.6 Å². The van der Waals surface area contributed by atoms with E-state index in [1.54, 1.807) is 7.11 Å². The van der Waals surface area contributed by atoms with E-state index in [0.717, 1.165) is 19.5 Å². The number of nitrogens with one attached hydrogen (secondary N) is 2. The second kappa shape index (κ2) is 7.28. The lowest BCUT2D eigenvalue weighted by atomic mass is 10.0. The Bertz CT molecular complexity index is 208. The van der Waals surface area contributed by atoms with Crippen LogP contribution in [0, 0.1) is 0 Å². The Morgan fingerprint density at radius 2 is 2.24 bits per heavy atom. The van der Waals surface area contributed by atoms with E-state index in [4.69, 9.17) is 9.47 Å². The molecule has 0 saturated carbocycles. The number of rotatable bonds is 8. The van der Waals surface area contributed by atoms with E-state index in [-0.39, 0.29) is 11.6 Å². The summed E-state index contributed by atoms with van der Waals surface area (Å²) in [7, 11) is 1.64. The highest BCUT2D eigenvalue weighted by atomic mass is 16.5. The smallest absolute Gasteiger partial charge is 0.0898 e. The molecule has 1 aliphatic heterocycles. The molecule has 0 aliphatic carbocycles. The van der Waals surface area contributed by atoms with Crippen LogP contribution in [0.25, 0.3) is 0 Å². The molecule has 5 heteroatoms. The van der Waals surface area contributed by atoms with E-state index in [2.05, 4.69) is 17.6 Å². The van der Waals surface area contributed by atoms with Crippen LogP contribution >= 0.6 is 0 Å². The SMILES string of the molecule is COCC(C)OCC(O)CNC1(C)CCNC1. The highest BCUT2D eigenvalue weighted by molar-refractivity contribution is 4.91. The average molecular weight is 246 g/mol. The predicted molar refractivity (Wildman–Crippen MR) is 67.2 cm³/mol. The van der Waals surface area contributed by atoms with Crippen LogP contribution in [0.4, 0.5) is 0 Å². The molecule has 0 radical (unpaired) electrons. The van der Waals surface area contributed by atoms with Gasteiger partial charge >= 0.3 is 0 Å². The molecule has 0 aromatic rings. The van der Waals surface area contributed by atoms with Crippen LogP contribution in [0.15, 0.2) is 0 Å². The van der Waals surface area contributed by atoms with Crippen LogP contribution in [0.5, 0.6) is 0 Å². The van der Waals surface area contributed by atoms with Crippen molar-refractivity contribution < 1.29 is 14.6 Å². The normalized spacial score (nSPS) is 28.2. The number of ether oxygens (including phenoxy) is 2. The van der Waals surface area contributed by atoms with Crippen LogP contribution in [0.1, 0.15) is 20.3 Å². The molecule has 3 atom stereocenters. The Kier molecular flexibility index (Phi) is 6.37. The molecular formula is C12H26N2O3. The van der Waals surface area contributed by atoms with Gasteiger partial charge in [-0.2, -0.15) is 0 Å². The summed E-state index contributed by atoms with van der Waals surface area (Å²) in [5.41, 5.74) is 0.110. The largest absolute Gasteiger partial charge is 0.389 e. The Morgan fingerprint density at radius 1 is 1.47 bits per heavy atom. The lowest BCUT2D eigenvalue weighted by Crippen LogP contribution is -2.48. The van der Waals surface area contributed by atoms with Crippen molar-refractivity contribution in [2.24, 2.45) is 0 Å². The fourth-order valence-electron chi connectivity index (χ4n) is 1.95. The van der Waals surface area contributed by atoms with Gasteiger partial charge in [0.05, 0.1) is 25.4 Å². The minimum Gasteiger partial charge on any atom is -0.389 e. The zero-order chi connectivity index (χ0) is 12.7. The molecule has 3 unspecified atom stereocenters. The van der Waals surface area contributed by atoms with Crippen LogP contribution in [0.2, 0.25) is 0 Å². The summed E-state index contributed by atoms with van der Waals surface area (Å²) in [5, 5.41) is 16.5. The molecule has 5 nitrogen and oxygen atoms in total.